The number of aromatic nitrogens is 2. The van der Waals surface area contributed by atoms with Crippen LogP contribution in [-0.2, 0) is 17.3 Å². The average molecular weight is 1660 g/mol. The van der Waals surface area contributed by atoms with Crippen molar-refractivity contribution in [3.05, 3.63) is 455 Å². The lowest BCUT2D eigenvalue weighted by Crippen LogP contribution is -2.36. The zero-order chi connectivity index (χ0) is 79.9. The summed E-state index contributed by atoms with van der Waals surface area (Å²) in [6.07, 6.45) is 10.2. The molecule has 0 saturated carbocycles. The lowest BCUT2D eigenvalue weighted by Gasteiger charge is -2.43. The molecule has 0 fully saturated rings. The molecule has 1 atom stereocenters. The third-order valence-electron chi connectivity index (χ3n) is 24.4. The van der Waals surface area contributed by atoms with Gasteiger partial charge in [0.05, 0.1) is 65.6 Å². The van der Waals surface area contributed by atoms with Crippen LogP contribution in [0.5, 0.6) is 17.2 Å². The first-order valence-corrected chi connectivity index (χ1v) is 41.7. The molecule has 0 amide bonds. The summed E-state index contributed by atoms with van der Waals surface area (Å²) in [6.45, 7) is 6.40. The van der Waals surface area contributed by atoms with Crippen molar-refractivity contribution in [1.29, 1.82) is 0 Å². The van der Waals surface area contributed by atoms with Gasteiger partial charge in [-0.3, -0.25) is 0 Å². The Morgan fingerprint density at radius 1 is 0.271 bits per heavy atom. The van der Waals surface area contributed by atoms with Gasteiger partial charge in [-0.2, -0.15) is 0 Å². The van der Waals surface area contributed by atoms with Gasteiger partial charge in [0.1, 0.15) is 17.2 Å². The van der Waals surface area contributed by atoms with E-state index in [-0.39, 0.29) is 0 Å². The number of fused-ring (bicyclic) bond motifs is 22. The number of hydrogen-bond donors (Lipinski definition) is 0. The molecule has 0 bridgehead atoms. The molecule has 0 N–H and O–H groups in total. The molecule has 18 aromatic rings. The van der Waals surface area contributed by atoms with E-state index in [4.69, 9.17) is 14.2 Å². The number of anilines is 6. The van der Waals surface area contributed by atoms with Crippen molar-refractivity contribution in [2.75, 3.05) is 31.1 Å². The smallest absolute Gasteiger partial charge is 0.119 e. The van der Waals surface area contributed by atoms with Crippen LogP contribution in [0.1, 0.15) is 94.6 Å². The van der Waals surface area contributed by atoms with E-state index in [9.17, 15) is 0 Å². The Morgan fingerprint density at radius 3 is 0.958 bits per heavy atom. The van der Waals surface area contributed by atoms with E-state index in [2.05, 4.69) is 411 Å². The number of hydrogen-bond acceptors (Lipinski definition) is 5. The highest BCUT2D eigenvalue weighted by Gasteiger charge is 2.50. The fourth-order valence-electron chi connectivity index (χ4n) is 18.9. The van der Waals surface area contributed by atoms with Gasteiger partial charge in [0.15, 0.2) is 0 Å². The highest BCUT2D eigenvalue weighted by atomic mass is 79.9. The molecule has 4 heterocycles. The Kier molecular flexibility index (Phi) is 18.7. The van der Waals surface area contributed by atoms with Gasteiger partial charge in [-0.15, -0.1) is 0 Å². The molecular formula is C109H82Br2N4O3. The topological polar surface area (TPSA) is 44.0 Å². The molecule has 118 heavy (non-hydrogen) atoms. The second-order valence-corrected chi connectivity index (χ2v) is 32.9. The number of benzene rings is 16. The van der Waals surface area contributed by atoms with Gasteiger partial charge in [0.25, 0.3) is 0 Å². The van der Waals surface area contributed by atoms with Crippen molar-refractivity contribution in [2.45, 2.75) is 38.0 Å². The van der Waals surface area contributed by atoms with Crippen LogP contribution in [0.25, 0.3) is 79.3 Å². The normalized spacial score (nSPS) is 13.8. The van der Waals surface area contributed by atoms with Crippen LogP contribution >= 0.6 is 31.9 Å². The van der Waals surface area contributed by atoms with Gasteiger partial charge in [-0.1, -0.05) is 267 Å². The van der Waals surface area contributed by atoms with E-state index in [0.717, 1.165) is 72.3 Å². The molecule has 2 aromatic heterocycles. The summed E-state index contributed by atoms with van der Waals surface area (Å²) in [5, 5.41) is 5.06. The van der Waals surface area contributed by atoms with Gasteiger partial charge in [0, 0.05) is 64.6 Å². The second-order valence-electron chi connectivity index (χ2n) is 31.1. The highest BCUT2D eigenvalue weighted by molar-refractivity contribution is 9.10. The van der Waals surface area contributed by atoms with Gasteiger partial charge < -0.3 is 33.1 Å². The maximum Gasteiger partial charge on any atom is 0.119 e. The first-order valence-electron chi connectivity index (χ1n) is 40.1. The van der Waals surface area contributed by atoms with Crippen LogP contribution in [0.2, 0.25) is 0 Å². The number of aryl methyl sites for hydroxylation is 3. The number of nitrogens with zero attached hydrogens (tertiary/aromatic N) is 4. The molecule has 7 nitrogen and oxygen atoms in total. The minimum absolute atomic E-state index is 0.484. The molecule has 0 radical (unpaired) electrons. The second kappa shape index (κ2) is 30.0. The van der Waals surface area contributed by atoms with Crippen molar-refractivity contribution in [3.8, 4) is 28.6 Å². The quantitative estimate of drug-likeness (QED) is 0.129. The minimum Gasteiger partial charge on any atom is -0.497 e. The van der Waals surface area contributed by atoms with E-state index in [1.807, 2.05) is 36.4 Å². The summed E-state index contributed by atoms with van der Waals surface area (Å²) in [4.78, 5) is 4.74. The standard InChI is InChI=1S/C61H47N3O2.C33H19Br2N.C15H16O/c1-40-16-24-44(25-17-40)62(45-26-18-41(2)19-27-45)48-28-22-42-20-21-43-23-29-49(63(46-30-34-50(65-3)35-31-46)47-32-36-51(66-4)37-33-47)39-57(43)61(56(42)38-48)54-12-6-8-15-59(54)64-58-14-7-5-10-52(58)53-11-9-13-55(61)60(53)64;34-22-16-14-20-12-13-21-15-17-23(35)19-29(21)33(28(20)18-22)26-8-2-4-11-31(26)36-30-10-3-1-6-24(30)25-7-5-9-27(33)32(25)36;1-12-3-5-13(6-4-12)11-14-7-9-15(16-2)10-8-14/h5-39H,1-4H3;1-19H;3-10H,11H2,1-2H3/t61-;;/m0../s1. The third kappa shape index (κ3) is 12.2. The third-order valence-corrected chi connectivity index (χ3v) is 25.3. The molecule has 4 aliphatic rings. The molecule has 16 aromatic carbocycles. The fourth-order valence-corrected chi connectivity index (χ4v) is 19.7. The Bertz CT molecular complexity index is 6870. The van der Waals surface area contributed by atoms with Gasteiger partial charge in [0.2, 0.25) is 0 Å². The Morgan fingerprint density at radius 2 is 0.568 bits per heavy atom. The number of methoxy groups -OCH3 is 3. The van der Waals surface area contributed by atoms with Crippen LogP contribution in [0.4, 0.5) is 34.1 Å². The van der Waals surface area contributed by atoms with Crippen molar-refractivity contribution < 1.29 is 14.2 Å². The number of ether oxygens (including phenoxy) is 3. The van der Waals surface area contributed by atoms with Crippen LogP contribution in [0.15, 0.2) is 361 Å². The predicted octanol–water partition coefficient (Wildman–Crippen LogP) is 28.6. The zero-order valence-electron chi connectivity index (χ0n) is 66.3. The van der Waals surface area contributed by atoms with Crippen LogP contribution in [0.3, 0.4) is 0 Å². The predicted molar refractivity (Wildman–Crippen MR) is 497 cm³/mol. The molecule has 2 aliphatic heterocycles. The molecule has 2 spiro atoms. The molecule has 2 aliphatic carbocycles. The first-order chi connectivity index (χ1) is 57.9. The Balaban J connectivity index is 0.000000142. The van der Waals surface area contributed by atoms with E-state index < -0.39 is 10.8 Å². The summed E-state index contributed by atoms with van der Waals surface area (Å²) in [5.41, 5.74) is 33.8. The SMILES string of the molecule is Brc1ccc2c(c1)C1(c3cc(Br)ccc3C=C2)c2ccccc2-n2c3ccccc3c3cccc1c32.COc1ccc(Cc2ccc(C)cc2)cc1.COc1ccc(N(c2ccc(OC)cc2)c2ccc3c(c2)[C@@]2(c4cc(N(c5ccc(C)cc5)c5ccc(C)cc5)ccc4C=C3)c3ccccc3-n3c4ccccc4c4cccc2c43)cc1. The number of para-hydroxylation sites is 6. The largest absolute Gasteiger partial charge is 0.497 e. The maximum atomic E-state index is 5.64. The number of rotatable bonds is 11. The average Bonchev–Trinajstić information content (AvgIpc) is 1.43. The highest BCUT2D eigenvalue weighted by Crippen LogP contribution is 2.61. The van der Waals surface area contributed by atoms with Crippen molar-refractivity contribution in [3.63, 3.8) is 0 Å². The molecular weight excluding hydrogens is 1570 g/mol. The Labute approximate surface area is 705 Å². The molecule has 570 valence electrons. The molecule has 0 unspecified atom stereocenters. The summed E-state index contributed by atoms with van der Waals surface area (Å²) in [6, 6.07) is 128. The zero-order valence-corrected chi connectivity index (χ0v) is 69.4. The van der Waals surface area contributed by atoms with E-state index in [1.165, 1.54) is 144 Å². The van der Waals surface area contributed by atoms with Gasteiger partial charge in [-0.05, 0) is 263 Å². The van der Waals surface area contributed by atoms with E-state index in [0.29, 0.717) is 0 Å². The van der Waals surface area contributed by atoms with Gasteiger partial charge >= 0.3 is 0 Å². The van der Waals surface area contributed by atoms with Crippen LogP contribution < -0.4 is 24.0 Å². The monoisotopic (exact) mass is 1650 g/mol. The Hall–Kier alpha value is -13.4. The van der Waals surface area contributed by atoms with Gasteiger partial charge in [-0.25, -0.2) is 0 Å². The number of halogens is 2. The summed E-state index contributed by atoms with van der Waals surface area (Å²) in [7, 11) is 5.11. The molecule has 9 heteroatoms. The molecule has 22 rings (SSSR count). The van der Waals surface area contributed by atoms with Crippen LogP contribution in [0, 0.1) is 20.8 Å². The van der Waals surface area contributed by atoms with Crippen molar-refractivity contribution in [1.82, 2.24) is 9.13 Å². The lowest BCUT2D eigenvalue weighted by atomic mass is 9.61. The maximum absolute atomic E-state index is 5.64. The molecule has 0 saturated heterocycles. The van der Waals surface area contributed by atoms with Crippen LogP contribution in [-0.4, -0.2) is 30.5 Å². The summed E-state index contributed by atoms with van der Waals surface area (Å²) >= 11 is 7.64. The van der Waals surface area contributed by atoms with Crippen molar-refractivity contribution >= 4 is 134 Å². The van der Waals surface area contributed by atoms with E-state index in [1.54, 1.807) is 21.3 Å². The summed E-state index contributed by atoms with van der Waals surface area (Å²) in [5.74, 6) is 2.52. The minimum atomic E-state index is -0.779. The fraction of sp³-hybridized carbons (Fsp3) is 0.0826. The van der Waals surface area contributed by atoms with Crippen molar-refractivity contribution in [2.24, 2.45) is 0 Å². The lowest BCUT2D eigenvalue weighted by molar-refractivity contribution is 0.414. The van der Waals surface area contributed by atoms with E-state index >= 15 is 0 Å². The summed E-state index contributed by atoms with van der Waals surface area (Å²) < 4.78 is 23.6. The first kappa shape index (κ1) is 73.5.